The number of aromatic nitrogens is 6. The zero-order valence-electron chi connectivity index (χ0n) is 15.3. The van der Waals surface area contributed by atoms with Gasteiger partial charge in [0.1, 0.15) is 6.33 Å². The number of hydrogen-bond acceptors (Lipinski definition) is 6. The van der Waals surface area contributed by atoms with E-state index in [1.807, 2.05) is 73.9 Å². The van der Waals surface area contributed by atoms with E-state index in [2.05, 4.69) is 25.2 Å². The lowest BCUT2D eigenvalue weighted by Gasteiger charge is -2.20. The molecule has 3 aromatic heterocycles. The normalized spacial score (nSPS) is 11.2. The summed E-state index contributed by atoms with van der Waals surface area (Å²) in [6, 6.07) is 20.0. The molecule has 0 aliphatic heterocycles. The van der Waals surface area contributed by atoms with E-state index >= 15 is 0 Å². The summed E-state index contributed by atoms with van der Waals surface area (Å²) in [6.45, 7) is 0.596. The monoisotopic (exact) mass is 367 g/mol. The highest BCUT2D eigenvalue weighted by Gasteiger charge is 2.14. The largest absolute Gasteiger partial charge is 0.365 e. The number of para-hydroxylation sites is 2. The minimum Gasteiger partial charge on any atom is -0.365 e. The second-order valence-electron chi connectivity index (χ2n) is 6.59. The van der Waals surface area contributed by atoms with Crippen LogP contribution in [-0.4, -0.2) is 36.8 Å². The Morgan fingerprint density at radius 3 is 2.61 bits per heavy atom. The van der Waals surface area contributed by atoms with E-state index in [0.29, 0.717) is 12.2 Å². The van der Waals surface area contributed by atoms with Crippen LogP contribution >= 0.6 is 0 Å². The summed E-state index contributed by atoms with van der Waals surface area (Å²) >= 11 is 0. The van der Waals surface area contributed by atoms with Crippen molar-refractivity contribution in [3.63, 3.8) is 0 Å². The van der Waals surface area contributed by atoms with Gasteiger partial charge in [-0.2, -0.15) is 9.61 Å². The molecular formula is C21H17N7. The average molecular weight is 367 g/mol. The Kier molecular flexibility index (Phi) is 3.90. The number of benzene rings is 2. The van der Waals surface area contributed by atoms with Crippen LogP contribution in [0.25, 0.3) is 27.9 Å². The molecule has 0 aliphatic rings. The van der Waals surface area contributed by atoms with Crippen LogP contribution in [-0.2, 0) is 6.54 Å². The molecule has 5 aromatic rings. The summed E-state index contributed by atoms with van der Waals surface area (Å²) in [4.78, 5) is 11.3. The minimum absolute atomic E-state index is 0.596. The van der Waals surface area contributed by atoms with E-state index in [9.17, 15) is 0 Å². The summed E-state index contributed by atoms with van der Waals surface area (Å²) in [5, 5.41) is 12.9. The lowest BCUT2D eigenvalue weighted by molar-refractivity contribution is 0.866. The molecule has 0 aliphatic carbocycles. The third-order valence-corrected chi connectivity index (χ3v) is 4.63. The fourth-order valence-corrected chi connectivity index (χ4v) is 3.24. The van der Waals surface area contributed by atoms with Crippen LogP contribution < -0.4 is 4.90 Å². The number of nitrogens with zero attached hydrogens (tertiary/aromatic N) is 7. The molecule has 7 heteroatoms. The molecule has 0 spiro atoms. The van der Waals surface area contributed by atoms with Crippen LogP contribution in [0.15, 0.2) is 73.2 Å². The van der Waals surface area contributed by atoms with Gasteiger partial charge in [-0.15, -0.1) is 10.2 Å². The van der Waals surface area contributed by atoms with Gasteiger partial charge in [0.2, 0.25) is 5.65 Å². The number of hydrogen-bond donors (Lipinski definition) is 0. The van der Waals surface area contributed by atoms with Crippen LogP contribution in [0.4, 0.5) is 5.69 Å². The zero-order valence-corrected chi connectivity index (χ0v) is 15.3. The van der Waals surface area contributed by atoms with Gasteiger partial charge in [-0.25, -0.2) is 4.98 Å². The van der Waals surface area contributed by atoms with Crippen molar-refractivity contribution < 1.29 is 0 Å². The number of anilines is 1. The second-order valence-corrected chi connectivity index (χ2v) is 6.59. The Balaban J connectivity index is 1.54. The molecule has 2 aromatic carbocycles. The molecule has 28 heavy (non-hydrogen) atoms. The van der Waals surface area contributed by atoms with Gasteiger partial charge in [0.15, 0.2) is 0 Å². The lowest BCUT2D eigenvalue weighted by atomic mass is 10.1. The van der Waals surface area contributed by atoms with Crippen molar-refractivity contribution in [1.82, 2.24) is 29.8 Å². The van der Waals surface area contributed by atoms with Gasteiger partial charge in [-0.1, -0.05) is 42.5 Å². The molecule has 136 valence electrons. The maximum atomic E-state index is 4.73. The maximum Gasteiger partial charge on any atom is 0.200 e. The Morgan fingerprint density at radius 2 is 1.75 bits per heavy atom. The fourth-order valence-electron chi connectivity index (χ4n) is 3.24. The van der Waals surface area contributed by atoms with Crippen molar-refractivity contribution in [2.45, 2.75) is 6.54 Å². The summed E-state index contributed by atoms with van der Waals surface area (Å²) < 4.78 is 1.71. The van der Waals surface area contributed by atoms with Crippen LogP contribution in [0.1, 0.15) is 5.69 Å². The van der Waals surface area contributed by atoms with Crippen molar-refractivity contribution in [1.29, 1.82) is 0 Å². The molecule has 0 saturated carbocycles. The van der Waals surface area contributed by atoms with Crippen molar-refractivity contribution in [3.8, 4) is 11.3 Å². The molecule has 5 rings (SSSR count). The summed E-state index contributed by atoms with van der Waals surface area (Å²) in [6.07, 6.45) is 3.44. The molecular weight excluding hydrogens is 350 g/mol. The van der Waals surface area contributed by atoms with Crippen LogP contribution in [0.5, 0.6) is 0 Å². The Hall–Kier alpha value is -3.87. The van der Waals surface area contributed by atoms with E-state index in [4.69, 9.17) is 4.98 Å². The molecule has 0 saturated heterocycles. The average Bonchev–Trinajstić information content (AvgIpc) is 3.22. The quantitative estimate of drug-likeness (QED) is 0.485. The van der Waals surface area contributed by atoms with Gasteiger partial charge in [0, 0.05) is 12.6 Å². The molecule has 3 heterocycles. The Labute approximate surface area is 161 Å². The highest BCUT2D eigenvalue weighted by atomic mass is 15.4. The molecule has 0 N–H and O–H groups in total. The van der Waals surface area contributed by atoms with E-state index in [1.165, 1.54) is 0 Å². The predicted octanol–water partition coefficient (Wildman–Crippen LogP) is 3.37. The topological polar surface area (TPSA) is 72.1 Å². The van der Waals surface area contributed by atoms with Gasteiger partial charge in [0.05, 0.1) is 40.9 Å². The first-order valence-corrected chi connectivity index (χ1v) is 8.96. The van der Waals surface area contributed by atoms with Crippen LogP contribution in [0, 0.1) is 0 Å². The highest BCUT2D eigenvalue weighted by Crippen LogP contribution is 2.26. The van der Waals surface area contributed by atoms with Gasteiger partial charge in [-0.3, -0.25) is 4.98 Å². The van der Waals surface area contributed by atoms with Gasteiger partial charge < -0.3 is 4.90 Å². The smallest absolute Gasteiger partial charge is 0.200 e. The molecule has 0 amide bonds. The van der Waals surface area contributed by atoms with Crippen molar-refractivity contribution >= 4 is 22.4 Å². The van der Waals surface area contributed by atoms with E-state index in [-0.39, 0.29) is 0 Å². The first-order valence-electron chi connectivity index (χ1n) is 8.96. The van der Waals surface area contributed by atoms with Crippen molar-refractivity contribution in [2.24, 2.45) is 0 Å². The third kappa shape index (κ3) is 2.92. The number of rotatable bonds is 4. The SMILES string of the molecule is CN(Cc1cnc2ccccc2n1)c1cc(-c2ccccc2)nn2cnnc12. The standard InChI is InChI=1S/C21H17N7/c1-27(13-16-12-22-17-9-5-6-10-18(17)24-16)20-11-19(15-7-3-2-4-8-15)26-28-14-23-25-21(20)28/h2-12,14H,13H2,1H3. The predicted molar refractivity (Wildman–Crippen MR) is 108 cm³/mol. The fraction of sp³-hybridized carbons (Fsp3) is 0.0952. The van der Waals surface area contributed by atoms with E-state index in [0.717, 1.165) is 33.7 Å². The molecule has 0 bridgehead atoms. The first-order chi connectivity index (χ1) is 13.8. The van der Waals surface area contributed by atoms with Gasteiger partial charge in [0.25, 0.3) is 0 Å². The molecule has 0 atom stereocenters. The molecule has 0 fully saturated rings. The third-order valence-electron chi connectivity index (χ3n) is 4.63. The van der Waals surface area contributed by atoms with E-state index < -0.39 is 0 Å². The minimum atomic E-state index is 0.596. The molecule has 7 nitrogen and oxygen atoms in total. The first kappa shape index (κ1) is 16.3. The van der Waals surface area contributed by atoms with E-state index in [1.54, 1.807) is 10.8 Å². The Bertz CT molecular complexity index is 1260. The maximum absolute atomic E-state index is 4.73. The van der Waals surface area contributed by atoms with Crippen molar-refractivity contribution in [3.05, 3.63) is 78.9 Å². The highest BCUT2D eigenvalue weighted by molar-refractivity contribution is 5.75. The van der Waals surface area contributed by atoms with Crippen LogP contribution in [0.3, 0.4) is 0 Å². The molecule has 0 unspecified atom stereocenters. The summed E-state index contributed by atoms with van der Waals surface area (Å²) in [5.74, 6) is 0. The Morgan fingerprint density at radius 1 is 0.964 bits per heavy atom. The summed E-state index contributed by atoms with van der Waals surface area (Å²) in [5.41, 5.74) is 6.21. The summed E-state index contributed by atoms with van der Waals surface area (Å²) in [7, 11) is 2.01. The second kappa shape index (κ2) is 6.70. The van der Waals surface area contributed by atoms with Crippen molar-refractivity contribution in [2.75, 3.05) is 11.9 Å². The number of fused-ring (bicyclic) bond motifs is 2. The van der Waals surface area contributed by atoms with Crippen LogP contribution in [0.2, 0.25) is 0 Å². The molecule has 0 radical (unpaired) electrons. The van der Waals surface area contributed by atoms with Gasteiger partial charge in [-0.05, 0) is 18.2 Å². The van der Waals surface area contributed by atoms with Gasteiger partial charge >= 0.3 is 0 Å². The lowest BCUT2D eigenvalue weighted by Crippen LogP contribution is -2.19. The zero-order chi connectivity index (χ0) is 18.9.